The Labute approximate surface area is 272 Å². The fourth-order valence-corrected chi connectivity index (χ4v) is 6.25. The first kappa shape index (κ1) is 34.9. The third kappa shape index (κ3) is 10.0. The standard InChI is InChI=1S/C36H49N3O7/c1-36(2,3)32(34(42)38-20-18-31(19-21-38)46-30-16-14-28(15-17-30)35(43)44-4)37-33(41)29(22-26-10-8-9-11-26)23-39(25-40)45-24-27-12-6-5-7-13-27/h5-7,12-17,25-26,29,31-32H,8-11,18-24H2,1-4H3,(H,37,41)/t29-,32-/m1/s1. The van der Waals surface area contributed by atoms with E-state index >= 15 is 0 Å². The molecule has 0 aromatic heterocycles. The van der Waals surface area contributed by atoms with Crippen LogP contribution < -0.4 is 10.1 Å². The zero-order chi connectivity index (χ0) is 33.1. The molecule has 2 aromatic carbocycles. The maximum Gasteiger partial charge on any atom is 0.337 e. The quantitative estimate of drug-likeness (QED) is 0.173. The largest absolute Gasteiger partial charge is 0.490 e. The van der Waals surface area contributed by atoms with E-state index in [1.165, 1.54) is 12.2 Å². The molecule has 0 unspecified atom stereocenters. The van der Waals surface area contributed by atoms with Gasteiger partial charge in [-0.1, -0.05) is 76.8 Å². The Bertz CT molecular complexity index is 1280. The molecule has 0 spiro atoms. The number of hydroxylamine groups is 2. The minimum atomic E-state index is -0.732. The highest BCUT2D eigenvalue weighted by Gasteiger charge is 2.39. The second kappa shape index (κ2) is 16.6. The van der Waals surface area contributed by atoms with Crippen LogP contribution in [0.3, 0.4) is 0 Å². The molecule has 1 aliphatic carbocycles. The number of hydrogen-bond donors (Lipinski definition) is 1. The smallest absolute Gasteiger partial charge is 0.337 e. The van der Waals surface area contributed by atoms with E-state index in [1.54, 1.807) is 24.3 Å². The number of rotatable bonds is 14. The van der Waals surface area contributed by atoms with Crippen molar-refractivity contribution in [1.82, 2.24) is 15.3 Å². The van der Waals surface area contributed by atoms with Gasteiger partial charge in [-0.3, -0.25) is 19.2 Å². The summed E-state index contributed by atoms with van der Waals surface area (Å²) >= 11 is 0. The molecule has 10 heteroatoms. The average molecular weight is 636 g/mol. The van der Waals surface area contributed by atoms with E-state index in [2.05, 4.69) is 5.32 Å². The average Bonchev–Trinajstić information content (AvgIpc) is 3.58. The summed E-state index contributed by atoms with van der Waals surface area (Å²) < 4.78 is 10.9. The Balaban J connectivity index is 1.37. The molecule has 2 aromatic rings. The highest BCUT2D eigenvalue weighted by atomic mass is 16.7. The van der Waals surface area contributed by atoms with Gasteiger partial charge in [-0.2, -0.15) is 0 Å². The number of hydrogen-bond acceptors (Lipinski definition) is 7. The first-order valence-corrected chi connectivity index (χ1v) is 16.4. The predicted molar refractivity (Wildman–Crippen MR) is 173 cm³/mol. The van der Waals surface area contributed by atoms with Crippen LogP contribution in [0.4, 0.5) is 0 Å². The molecule has 46 heavy (non-hydrogen) atoms. The summed E-state index contributed by atoms with van der Waals surface area (Å²) in [5, 5.41) is 4.32. The van der Waals surface area contributed by atoms with Crippen LogP contribution in [0, 0.1) is 17.3 Å². The molecule has 0 radical (unpaired) electrons. The van der Waals surface area contributed by atoms with Gasteiger partial charge in [0.05, 0.1) is 25.1 Å². The van der Waals surface area contributed by atoms with Gasteiger partial charge in [-0.15, -0.1) is 0 Å². The second-order valence-corrected chi connectivity index (χ2v) is 13.5. The number of nitrogens with zero attached hydrogens (tertiary/aromatic N) is 2. The van der Waals surface area contributed by atoms with Crippen LogP contribution in [0.1, 0.15) is 81.6 Å². The highest BCUT2D eigenvalue weighted by molar-refractivity contribution is 5.90. The van der Waals surface area contributed by atoms with Crippen molar-refractivity contribution in [1.29, 1.82) is 0 Å². The highest BCUT2D eigenvalue weighted by Crippen LogP contribution is 2.32. The van der Waals surface area contributed by atoms with Gasteiger partial charge in [0.2, 0.25) is 18.2 Å². The van der Waals surface area contributed by atoms with E-state index in [4.69, 9.17) is 14.3 Å². The van der Waals surface area contributed by atoms with Crippen molar-refractivity contribution in [2.75, 3.05) is 26.7 Å². The zero-order valence-corrected chi connectivity index (χ0v) is 27.6. The first-order chi connectivity index (χ1) is 22.1. The molecule has 4 rings (SSSR count). The van der Waals surface area contributed by atoms with Crippen molar-refractivity contribution in [2.24, 2.45) is 17.3 Å². The normalized spacial score (nSPS) is 17.2. The van der Waals surface area contributed by atoms with Crippen molar-refractivity contribution in [3.63, 3.8) is 0 Å². The molecule has 1 aliphatic heterocycles. The van der Waals surface area contributed by atoms with E-state index < -0.39 is 23.3 Å². The number of nitrogens with one attached hydrogen (secondary N) is 1. The van der Waals surface area contributed by atoms with Gasteiger partial charge < -0.3 is 19.7 Å². The molecule has 1 N–H and O–H groups in total. The van der Waals surface area contributed by atoms with E-state index in [9.17, 15) is 19.2 Å². The Morgan fingerprint density at radius 3 is 2.22 bits per heavy atom. The van der Waals surface area contributed by atoms with Gasteiger partial charge in [-0.25, -0.2) is 9.86 Å². The summed E-state index contributed by atoms with van der Waals surface area (Å²) in [4.78, 5) is 59.1. The number of carbonyl (C=O) groups is 4. The zero-order valence-electron chi connectivity index (χ0n) is 27.6. The molecule has 10 nitrogen and oxygen atoms in total. The summed E-state index contributed by atoms with van der Waals surface area (Å²) in [6.45, 7) is 7.21. The second-order valence-electron chi connectivity index (χ2n) is 13.5. The Kier molecular flexibility index (Phi) is 12.6. The van der Waals surface area contributed by atoms with Gasteiger partial charge in [-0.05, 0) is 47.6 Å². The summed E-state index contributed by atoms with van der Waals surface area (Å²) in [6, 6.07) is 15.7. The molecule has 2 aliphatic rings. The van der Waals surface area contributed by atoms with Crippen LogP contribution in [0.2, 0.25) is 0 Å². The number of esters is 1. The van der Waals surface area contributed by atoms with Crippen LogP contribution in [0.15, 0.2) is 54.6 Å². The molecule has 2 fully saturated rings. The topological polar surface area (TPSA) is 114 Å². The molecule has 3 amide bonds. The van der Waals surface area contributed by atoms with Gasteiger partial charge >= 0.3 is 5.97 Å². The lowest BCUT2D eigenvalue weighted by Crippen LogP contribution is -2.58. The molecule has 1 heterocycles. The fraction of sp³-hybridized carbons (Fsp3) is 0.556. The van der Waals surface area contributed by atoms with E-state index in [0.717, 1.165) is 31.2 Å². The van der Waals surface area contributed by atoms with Crippen LogP contribution in [0.5, 0.6) is 5.75 Å². The maximum atomic E-state index is 13.9. The minimum Gasteiger partial charge on any atom is -0.490 e. The van der Waals surface area contributed by atoms with Crippen molar-refractivity contribution in [3.8, 4) is 5.75 Å². The van der Waals surface area contributed by atoms with E-state index in [1.807, 2.05) is 56.0 Å². The van der Waals surface area contributed by atoms with Crippen LogP contribution >= 0.6 is 0 Å². The molecular weight excluding hydrogens is 586 g/mol. The molecule has 2 atom stereocenters. The summed E-state index contributed by atoms with van der Waals surface area (Å²) in [5.74, 6) is -0.203. The van der Waals surface area contributed by atoms with Crippen LogP contribution in [0.25, 0.3) is 0 Å². The third-order valence-corrected chi connectivity index (χ3v) is 8.95. The summed E-state index contributed by atoms with van der Waals surface area (Å²) in [7, 11) is 1.34. The van der Waals surface area contributed by atoms with Crippen LogP contribution in [-0.4, -0.2) is 73.0 Å². The SMILES string of the molecule is COC(=O)c1ccc(OC2CCN(C(=O)[C@@H](NC(=O)[C@H](CC3CCCC3)CN(C=O)OCc3ccccc3)C(C)(C)C)CC2)cc1. The Morgan fingerprint density at radius 2 is 1.63 bits per heavy atom. The third-order valence-electron chi connectivity index (χ3n) is 8.95. The fourth-order valence-electron chi connectivity index (χ4n) is 6.25. The van der Waals surface area contributed by atoms with Crippen molar-refractivity contribution in [2.45, 2.75) is 84.5 Å². The van der Waals surface area contributed by atoms with Crippen molar-refractivity contribution >= 4 is 24.2 Å². The summed E-state index contributed by atoms with van der Waals surface area (Å²) in [6.07, 6.45) is 6.89. The molecule has 0 bridgehead atoms. The minimum absolute atomic E-state index is 0.0725. The van der Waals surface area contributed by atoms with Crippen LogP contribution in [-0.2, 0) is 30.6 Å². The van der Waals surface area contributed by atoms with Gasteiger partial charge in [0.1, 0.15) is 24.5 Å². The monoisotopic (exact) mass is 635 g/mol. The Hall–Kier alpha value is -3.92. The molecule has 250 valence electrons. The molecular formula is C36H49N3O7. The van der Waals surface area contributed by atoms with Gasteiger partial charge in [0.15, 0.2) is 0 Å². The van der Waals surface area contributed by atoms with E-state index in [0.29, 0.717) is 56.0 Å². The Morgan fingerprint density at radius 1 is 0.978 bits per heavy atom. The van der Waals surface area contributed by atoms with Crippen molar-refractivity contribution in [3.05, 3.63) is 65.7 Å². The van der Waals surface area contributed by atoms with Gasteiger partial charge in [0, 0.05) is 25.9 Å². The lowest BCUT2D eigenvalue weighted by atomic mass is 9.84. The summed E-state index contributed by atoms with van der Waals surface area (Å²) in [5.41, 5.74) is 0.845. The number of piperidine rings is 1. The number of methoxy groups -OCH3 is 1. The van der Waals surface area contributed by atoms with Gasteiger partial charge in [0.25, 0.3) is 0 Å². The lowest BCUT2D eigenvalue weighted by molar-refractivity contribution is -0.182. The number of carbonyl (C=O) groups excluding carboxylic acids is 4. The van der Waals surface area contributed by atoms with Crippen molar-refractivity contribution < 1.29 is 33.5 Å². The molecule has 1 saturated heterocycles. The lowest BCUT2D eigenvalue weighted by Gasteiger charge is -2.39. The number of ether oxygens (including phenoxy) is 2. The predicted octanol–water partition coefficient (Wildman–Crippen LogP) is 5.16. The maximum absolute atomic E-state index is 13.9. The first-order valence-electron chi connectivity index (χ1n) is 16.4. The molecule has 1 saturated carbocycles. The number of likely N-dealkylation sites (tertiary alicyclic amines) is 1. The van der Waals surface area contributed by atoms with E-state index in [-0.39, 0.29) is 31.1 Å². The number of amides is 3. The number of benzene rings is 2.